The standard InChI is InChI=1S/C30H39N7O3/c1-4-16-35(5-2)21-22-40-27-12-10-25(11-13-27)32-29-31-15-14-28(34-29)36-17-19-37(20-18-36)30(39)33-26-8-6-24(7-9-26)23(3)38/h6-15H,4-5,16-22H2,1-3H3,(H,33,39)(H,31,32,34). The molecule has 2 heterocycles. The van der Waals surface area contributed by atoms with Crippen molar-refractivity contribution >= 4 is 35.0 Å². The van der Waals surface area contributed by atoms with Gasteiger partial charge >= 0.3 is 6.03 Å². The maximum absolute atomic E-state index is 12.7. The number of piperazine rings is 1. The second-order valence-corrected chi connectivity index (χ2v) is 9.71. The molecular formula is C30H39N7O3. The summed E-state index contributed by atoms with van der Waals surface area (Å²) in [7, 11) is 0. The summed E-state index contributed by atoms with van der Waals surface area (Å²) in [5.41, 5.74) is 2.16. The van der Waals surface area contributed by atoms with Gasteiger partial charge in [-0.15, -0.1) is 0 Å². The highest BCUT2D eigenvalue weighted by molar-refractivity contribution is 5.95. The molecule has 0 atom stereocenters. The first-order valence-corrected chi connectivity index (χ1v) is 13.9. The zero-order valence-electron chi connectivity index (χ0n) is 23.6. The Kier molecular flexibility index (Phi) is 10.3. The number of rotatable bonds is 12. The fourth-order valence-corrected chi connectivity index (χ4v) is 4.52. The summed E-state index contributed by atoms with van der Waals surface area (Å²) in [6.45, 7) is 12.0. The molecule has 1 fully saturated rings. The van der Waals surface area contributed by atoms with E-state index in [1.165, 1.54) is 6.92 Å². The molecule has 4 rings (SSSR count). The average Bonchev–Trinajstić information content (AvgIpc) is 2.98. The second-order valence-electron chi connectivity index (χ2n) is 9.71. The van der Waals surface area contributed by atoms with E-state index in [-0.39, 0.29) is 11.8 Å². The van der Waals surface area contributed by atoms with Crippen LogP contribution in [0.25, 0.3) is 0 Å². The van der Waals surface area contributed by atoms with Crippen LogP contribution in [0.2, 0.25) is 0 Å². The van der Waals surface area contributed by atoms with Crippen molar-refractivity contribution in [3.05, 3.63) is 66.4 Å². The minimum absolute atomic E-state index is 0.00297. The lowest BCUT2D eigenvalue weighted by Gasteiger charge is -2.35. The summed E-state index contributed by atoms with van der Waals surface area (Å²) < 4.78 is 5.91. The Bertz CT molecular complexity index is 1240. The van der Waals surface area contributed by atoms with E-state index in [4.69, 9.17) is 9.72 Å². The van der Waals surface area contributed by atoms with Gasteiger partial charge in [0.25, 0.3) is 0 Å². The Morgan fingerprint density at radius 3 is 2.27 bits per heavy atom. The molecule has 0 radical (unpaired) electrons. The minimum atomic E-state index is -0.156. The van der Waals surface area contributed by atoms with Crippen molar-refractivity contribution < 1.29 is 14.3 Å². The van der Waals surface area contributed by atoms with Crippen molar-refractivity contribution in [1.29, 1.82) is 0 Å². The number of anilines is 4. The molecule has 0 unspecified atom stereocenters. The zero-order valence-corrected chi connectivity index (χ0v) is 23.6. The summed E-state index contributed by atoms with van der Waals surface area (Å²) >= 11 is 0. The first-order chi connectivity index (χ1) is 19.4. The lowest BCUT2D eigenvalue weighted by Crippen LogP contribution is -2.50. The van der Waals surface area contributed by atoms with Gasteiger partial charge in [-0.2, -0.15) is 4.98 Å². The van der Waals surface area contributed by atoms with E-state index in [9.17, 15) is 9.59 Å². The van der Waals surface area contributed by atoms with Gasteiger partial charge in [0.05, 0.1) is 0 Å². The second kappa shape index (κ2) is 14.3. The molecule has 0 aliphatic carbocycles. The van der Waals surface area contributed by atoms with Gasteiger partial charge in [0.15, 0.2) is 5.78 Å². The van der Waals surface area contributed by atoms with Crippen molar-refractivity contribution in [3.8, 4) is 5.75 Å². The maximum atomic E-state index is 12.7. The molecule has 10 nitrogen and oxygen atoms in total. The number of Topliss-reactive ketones (excluding diaryl/α,β-unsaturated/α-hetero) is 1. The number of ether oxygens (including phenoxy) is 1. The Hall–Kier alpha value is -4.18. The van der Waals surface area contributed by atoms with Gasteiger partial charge in [-0.05, 0) is 81.0 Å². The molecule has 1 saturated heterocycles. The van der Waals surface area contributed by atoms with E-state index in [2.05, 4.69) is 39.3 Å². The number of urea groups is 1. The summed E-state index contributed by atoms with van der Waals surface area (Å²) in [6, 6.07) is 16.5. The van der Waals surface area contributed by atoms with Gasteiger partial charge in [0.2, 0.25) is 5.95 Å². The number of likely N-dealkylation sites (N-methyl/N-ethyl adjacent to an activating group) is 1. The summed E-state index contributed by atoms with van der Waals surface area (Å²) in [4.78, 5) is 39.5. The molecule has 0 bridgehead atoms. The molecule has 0 spiro atoms. The molecule has 3 aromatic rings. The summed E-state index contributed by atoms with van der Waals surface area (Å²) in [5.74, 6) is 2.16. The van der Waals surface area contributed by atoms with Gasteiger partial charge in [0, 0.05) is 55.9 Å². The van der Waals surface area contributed by atoms with Crippen LogP contribution in [0.1, 0.15) is 37.6 Å². The van der Waals surface area contributed by atoms with E-state index >= 15 is 0 Å². The molecule has 10 heteroatoms. The zero-order chi connectivity index (χ0) is 28.3. The van der Waals surface area contributed by atoms with E-state index in [1.54, 1.807) is 35.4 Å². The van der Waals surface area contributed by atoms with E-state index in [0.29, 0.717) is 50.0 Å². The fourth-order valence-electron chi connectivity index (χ4n) is 4.52. The number of ketones is 1. The number of carbonyl (C=O) groups is 2. The van der Waals surface area contributed by atoms with Crippen molar-refractivity contribution in [2.24, 2.45) is 0 Å². The molecule has 1 aliphatic heterocycles. The van der Waals surface area contributed by atoms with Crippen LogP contribution < -0.4 is 20.3 Å². The average molecular weight is 546 g/mol. The number of benzene rings is 2. The normalized spacial score (nSPS) is 13.3. The summed E-state index contributed by atoms with van der Waals surface area (Å²) in [6.07, 6.45) is 2.88. The number of carbonyl (C=O) groups excluding carboxylic acids is 2. The van der Waals surface area contributed by atoms with Crippen LogP contribution in [0, 0.1) is 0 Å². The topological polar surface area (TPSA) is 103 Å². The highest BCUT2D eigenvalue weighted by atomic mass is 16.5. The third-order valence-electron chi connectivity index (χ3n) is 6.85. The number of hydrogen-bond donors (Lipinski definition) is 2. The first kappa shape index (κ1) is 28.8. The SMILES string of the molecule is CCCN(CC)CCOc1ccc(Nc2nccc(N3CCN(C(=O)Nc4ccc(C(C)=O)cc4)CC3)n2)cc1. The fraction of sp³-hybridized carbons (Fsp3) is 0.400. The van der Waals surface area contributed by atoms with Crippen LogP contribution in [-0.2, 0) is 0 Å². The molecule has 2 aromatic carbocycles. The number of nitrogens with zero attached hydrogens (tertiary/aromatic N) is 5. The minimum Gasteiger partial charge on any atom is -0.492 e. The molecule has 2 amide bonds. The van der Waals surface area contributed by atoms with E-state index < -0.39 is 0 Å². The van der Waals surface area contributed by atoms with Crippen LogP contribution in [0.4, 0.5) is 27.9 Å². The highest BCUT2D eigenvalue weighted by Gasteiger charge is 2.22. The molecule has 2 N–H and O–H groups in total. The number of nitrogens with one attached hydrogen (secondary N) is 2. The third kappa shape index (κ3) is 8.16. The monoisotopic (exact) mass is 545 g/mol. The van der Waals surface area contributed by atoms with Crippen LogP contribution in [0.5, 0.6) is 5.75 Å². The maximum Gasteiger partial charge on any atom is 0.321 e. The Balaban J connectivity index is 1.25. The molecule has 212 valence electrons. The van der Waals surface area contributed by atoms with E-state index in [0.717, 1.165) is 43.3 Å². The highest BCUT2D eigenvalue weighted by Crippen LogP contribution is 2.21. The predicted octanol–water partition coefficient (Wildman–Crippen LogP) is 4.89. The smallest absolute Gasteiger partial charge is 0.321 e. The number of hydrogen-bond acceptors (Lipinski definition) is 8. The Labute approximate surface area is 236 Å². The Morgan fingerprint density at radius 1 is 0.925 bits per heavy atom. The largest absolute Gasteiger partial charge is 0.492 e. The number of aromatic nitrogens is 2. The lowest BCUT2D eigenvalue weighted by atomic mass is 10.1. The molecule has 1 aromatic heterocycles. The number of amides is 2. The van der Waals surface area contributed by atoms with Gasteiger partial charge in [-0.1, -0.05) is 13.8 Å². The van der Waals surface area contributed by atoms with Crippen LogP contribution >= 0.6 is 0 Å². The predicted molar refractivity (Wildman–Crippen MR) is 159 cm³/mol. The van der Waals surface area contributed by atoms with E-state index in [1.807, 2.05) is 30.3 Å². The van der Waals surface area contributed by atoms with Crippen molar-refractivity contribution in [2.45, 2.75) is 27.2 Å². The van der Waals surface area contributed by atoms with Crippen LogP contribution in [0.15, 0.2) is 60.8 Å². The van der Waals surface area contributed by atoms with Crippen molar-refractivity contribution in [2.75, 3.05) is 68.0 Å². The van der Waals surface area contributed by atoms with Gasteiger partial charge < -0.3 is 30.1 Å². The van der Waals surface area contributed by atoms with Gasteiger partial charge in [0.1, 0.15) is 18.2 Å². The van der Waals surface area contributed by atoms with Crippen LogP contribution in [-0.4, -0.2) is 84.0 Å². The van der Waals surface area contributed by atoms with Gasteiger partial charge in [-0.25, -0.2) is 9.78 Å². The van der Waals surface area contributed by atoms with Gasteiger partial charge in [-0.3, -0.25) is 4.79 Å². The molecule has 0 saturated carbocycles. The molecule has 1 aliphatic rings. The summed E-state index contributed by atoms with van der Waals surface area (Å²) in [5, 5.41) is 6.17. The Morgan fingerprint density at radius 2 is 1.62 bits per heavy atom. The molecule has 40 heavy (non-hydrogen) atoms. The third-order valence-corrected chi connectivity index (χ3v) is 6.85. The molecular weight excluding hydrogens is 506 g/mol. The van der Waals surface area contributed by atoms with Crippen LogP contribution in [0.3, 0.4) is 0 Å². The lowest BCUT2D eigenvalue weighted by molar-refractivity contribution is 0.101. The van der Waals surface area contributed by atoms with Crippen molar-refractivity contribution in [1.82, 2.24) is 19.8 Å². The first-order valence-electron chi connectivity index (χ1n) is 13.9. The van der Waals surface area contributed by atoms with Crippen molar-refractivity contribution in [3.63, 3.8) is 0 Å². The quantitative estimate of drug-likeness (QED) is 0.310.